The van der Waals surface area contributed by atoms with E-state index in [0.717, 1.165) is 4.47 Å². The molecule has 0 aromatic heterocycles. The zero-order valence-corrected chi connectivity index (χ0v) is 11.9. The molecule has 19 heavy (non-hydrogen) atoms. The monoisotopic (exact) mass is 320 g/mol. The molecule has 2 aromatic carbocycles. The zero-order chi connectivity index (χ0) is 13.8. The van der Waals surface area contributed by atoms with E-state index in [1.807, 2.05) is 12.1 Å². The van der Waals surface area contributed by atoms with Gasteiger partial charge in [-0.15, -0.1) is 0 Å². The Bertz CT molecular complexity index is 594. The predicted octanol–water partition coefficient (Wildman–Crippen LogP) is 3.29. The average Bonchev–Trinajstić information content (AvgIpc) is 2.37. The summed E-state index contributed by atoms with van der Waals surface area (Å²) in [6.07, 6.45) is 0. The van der Waals surface area contributed by atoms with E-state index in [1.165, 1.54) is 0 Å². The Morgan fingerprint density at radius 1 is 1.26 bits per heavy atom. The quantitative estimate of drug-likeness (QED) is 0.853. The lowest BCUT2D eigenvalue weighted by molar-refractivity contribution is 0.102. The van der Waals surface area contributed by atoms with Gasteiger partial charge in [-0.1, -0.05) is 22.0 Å². The molecule has 0 radical (unpaired) electrons. The maximum Gasteiger partial charge on any atom is 0.255 e. The maximum absolute atomic E-state index is 12.1. The molecule has 0 aliphatic carbocycles. The summed E-state index contributed by atoms with van der Waals surface area (Å²) in [7, 11) is 1.58. The zero-order valence-electron chi connectivity index (χ0n) is 10.3. The van der Waals surface area contributed by atoms with Gasteiger partial charge in [0.2, 0.25) is 0 Å². The number of amides is 1. The minimum absolute atomic E-state index is 0.221. The van der Waals surface area contributed by atoms with Crippen molar-refractivity contribution in [2.75, 3.05) is 18.2 Å². The van der Waals surface area contributed by atoms with Crippen LogP contribution in [0.1, 0.15) is 10.4 Å². The first-order valence-electron chi connectivity index (χ1n) is 5.60. The van der Waals surface area contributed by atoms with Crippen molar-refractivity contribution in [3.05, 3.63) is 52.5 Å². The van der Waals surface area contributed by atoms with Gasteiger partial charge in [-0.25, -0.2) is 0 Å². The number of carbonyl (C=O) groups is 1. The normalized spacial score (nSPS) is 10.0. The number of hydrogen-bond acceptors (Lipinski definition) is 3. The number of nitrogen functional groups attached to an aromatic ring is 1. The van der Waals surface area contributed by atoms with E-state index in [1.54, 1.807) is 37.4 Å². The van der Waals surface area contributed by atoms with Crippen LogP contribution in [-0.2, 0) is 0 Å². The topological polar surface area (TPSA) is 64.3 Å². The number of anilines is 2. The molecule has 0 saturated heterocycles. The van der Waals surface area contributed by atoms with Crippen molar-refractivity contribution in [1.29, 1.82) is 0 Å². The minimum atomic E-state index is -0.221. The Kier molecular flexibility index (Phi) is 4.06. The number of benzene rings is 2. The van der Waals surface area contributed by atoms with Crippen LogP contribution in [0.3, 0.4) is 0 Å². The highest BCUT2D eigenvalue weighted by Gasteiger charge is 2.08. The van der Waals surface area contributed by atoms with Gasteiger partial charge in [-0.3, -0.25) is 4.79 Å². The standard InChI is InChI=1S/C14H13BrN2O2/c1-19-13-4-2-3-12(8-13)17-14(18)9-5-10(15)7-11(16)6-9/h2-8H,16H2,1H3,(H,17,18). The van der Waals surface area contributed by atoms with Crippen molar-refractivity contribution < 1.29 is 9.53 Å². The summed E-state index contributed by atoms with van der Waals surface area (Å²) in [5.41, 5.74) is 7.40. The minimum Gasteiger partial charge on any atom is -0.497 e. The number of carbonyl (C=O) groups excluding carboxylic acids is 1. The third-order valence-corrected chi connectivity index (χ3v) is 2.97. The molecule has 3 N–H and O–H groups in total. The van der Waals surface area contributed by atoms with E-state index in [4.69, 9.17) is 10.5 Å². The molecular weight excluding hydrogens is 308 g/mol. The number of ether oxygens (including phenoxy) is 1. The van der Waals surface area contributed by atoms with E-state index in [0.29, 0.717) is 22.7 Å². The van der Waals surface area contributed by atoms with E-state index >= 15 is 0 Å². The van der Waals surface area contributed by atoms with Crippen LogP contribution in [0.25, 0.3) is 0 Å². The Morgan fingerprint density at radius 2 is 2.05 bits per heavy atom. The molecule has 0 unspecified atom stereocenters. The highest BCUT2D eigenvalue weighted by molar-refractivity contribution is 9.10. The van der Waals surface area contributed by atoms with Crippen LogP contribution in [0, 0.1) is 0 Å². The first-order chi connectivity index (χ1) is 9.08. The Labute approximate surface area is 119 Å². The fourth-order valence-corrected chi connectivity index (χ4v) is 2.16. The van der Waals surface area contributed by atoms with Crippen LogP contribution in [-0.4, -0.2) is 13.0 Å². The lowest BCUT2D eigenvalue weighted by atomic mass is 10.2. The van der Waals surface area contributed by atoms with Crippen LogP contribution in [0.5, 0.6) is 5.75 Å². The molecule has 2 aromatic rings. The Hall–Kier alpha value is -2.01. The molecule has 5 heteroatoms. The molecule has 0 saturated carbocycles. The number of rotatable bonds is 3. The van der Waals surface area contributed by atoms with Crippen molar-refractivity contribution in [1.82, 2.24) is 0 Å². The van der Waals surface area contributed by atoms with Crippen molar-refractivity contribution >= 4 is 33.2 Å². The molecule has 0 fully saturated rings. The van der Waals surface area contributed by atoms with Crippen LogP contribution in [0.4, 0.5) is 11.4 Å². The maximum atomic E-state index is 12.1. The second-order valence-corrected chi connectivity index (χ2v) is 4.87. The number of halogens is 1. The fraction of sp³-hybridized carbons (Fsp3) is 0.0714. The van der Waals surface area contributed by atoms with Crippen molar-refractivity contribution in [3.63, 3.8) is 0 Å². The molecule has 0 spiro atoms. The van der Waals surface area contributed by atoms with Gasteiger partial charge >= 0.3 is 0 Å². The van der Waals surface area contributed by atoms with Crippen LogP contribution in [0.2, 0.25) is 0 Å². The highest BCUT2D eigenvalue weighted by atomic mass is 79.9. The summed E-state index contributed by atoms with van der Waals surface area (Å²) < 4.78 is 5.87. The Balaban J connectivity index is 2.20. The van der Waals surface area contributed by atoms with Crippen molar-refractivity contribution in [2.24, 2.45) is 0 Å². The third kappa shape index (κ3) is 3.48. The third-order valence-electron chi connectivity index (χ3n) is 2.51. The molecule has 0 atom stereocenters. The smallest absolute Gasteiger partial charge is 0.255 e. The average molecular weight is 321 g/mol. The van der Waals surface area contributed by atoms with E-state index in [2.05, 4.69) is 21.2 Å². The molecule has 0 aliphatic rings. The first kappa shape index (κ1) is 13.4. The second-order valence-electron chi connectivity index (χ2n) is 3.96. The molecule has 4 nitrogen and oxygen atoms in total. The fourth-order valence-electron chi connectivity index (χ4n) is 1.65. The lowest BCUT2D eigenvalue weighted by Crippen LogP contribution is -2.12. The van der Waals surface area contributed by atoms with Crippen LogP contribution >= 0.6 is 15.9 Å². The number of methoxy groups -OCH3 is 1. The van der Waals surface area contributed by atoms with Crippen molar-refractivity contribution in [2.45, 2.75) is 0 Å². The molecule has 0 bridgehead atoms. The van der Waals surface area contributed by atoms with Gasteiger partial charge in [0.1, 0.15) is 5.75 Å². The SMILES string of the molecule is COc1cccc(NC(=O)c2cc(N)cc(Br)c2)c1. The van der Waals surface area contributed by atoms with Crippen molar-refractivity contribution in [3.8, 4) is 5.75 Å². The van der Waals surface area contributed by atoms with E-state index in [9.17, 15) is 4.79 Å². The van der Waals surface area contributed by atoms with Gasteiger partial charge in [0, 0.05) is 27.5 Å². The number of nitrogens with two attached hydrogens (primary N) is 1. The molecule has 0 heterocycles. The summed E-state index contributed by atoms with van der Waals surface area (Å²) >= 11 is 3.31. The van der Waals surface area contributed by atoms with E-state index < -0.39 is 0 Å². The molecule has 2 rings (SSSR count). The van der Waals surface area contributed by atoms with Gasteiger partial charge in [-0.2, -0.15) is 0 Å². The summed E-state index contributed by atoms with van der Waals surface area (Å²) in [4.78, 5) is 12.1. The van der Waals surface area contributed by atoms with Gasteiger partial charge in [0.25, 0.3) is 5.91 Å². The molecule has 0 aliphatic heterocycles. The van der Waals surface area contributed by atoms with Gasteiger partial charge in [0.05, 0.1) is 7.11 Å². The van der Waals surface area contributed by atoms with Gasteiger partial charge < -0.3 is 15.8 Å². The Morgan fingerprint density at radius 3 is 2.74 bits per heavy atom. The molecule has 1 amide bonds. The van der Waals surface area contributed by atoms with E-state index in [-0.39, 0.29) is 5.91 Å². The predicted molar refractivity (Wildman–Crippen MR) is 79.5 cm³/mol. The molecular formula is C14H13BrN2O2. The first-order valence-corrected chi connectivity index (χ1v) is 6.39. The van der Waals surface area contributed by atoms with Crippen LogP contribution < -0.4 is 15.8 Å². The summed E-state index contributed by atoms with van der Waals surface area (Å²) in [6.45, 7) is 0. The summed E-state index contributed by atoms with van der Waals surface area (Å²) in [6, 6.07) is 12.2. The summed E-state index contributed by atoms with van der Waals surface area (Å²) in [5, 5.41) is 2.79. The largest absolute Gasteiger partial charge is 0.497 e. The number of nitrogens with one attached hydrogen (secondary N) is 1. The van der Waals surface area contributed by atoms with Gasteiger partial charge in [-0.05, 0) is 30.3 Å². The summed E-state index contributed by atoms with van der Waals surface area (Å²) in [5.74, 6) is 0.466. The van der Waals surface area contributed by atoms with Crippen LogP contribution in [0.15, 0.2) is 46.9 Å². The highest BCUT2D eigenvalue weighted by Crippen LogP contribution is 2.20. The van der Waals surface area contributed by atoms with Gasteiger partial charge in [0.15, 0.2) is 0 Å². The second kappa shape index (κ2) is 5.75. The molecule has 98 valence electrons. The lowest BCUT2D eigenvalue weighted by Gasteiger charge is -2.08. The number of hydrogen-bond donors (Lipinski definition) is 2.